The molecule has 4 heteroatoms. The van der Waals surface area contributed by atoms with E-state index in [1.165, 1.54) is 11.1 Å². The molecule has 2 rings (SSSR count). The summed E-state index contributed by atoms with van der Waals surface area (Å²) in [5.74, 6) is 1.73. The van der Waals surface area contributed by atoms with Gasteiger partial charge < -0.3 is 5.32 Å². The highest BCUT2D eigenvalue weighted by molar-refractivity contribution is 7.98. The fourth-order valence-corrected chi connectivity index (χ4v) is 2.39. The van der Waals surface area contributed by atoms with E-state index in [9.17, 15) is 0 Å². The maximum atomic E-state index is 4.43. The van der Waals surface area contributed by atoms with Crippen LogP contribution in [0.3, 0.4) is 0 Å². The zero-order valence-corrected chi connectivity index (χ0v) is 10.8. The van der Waals surface area contributed by atoms with E-state index in [1.807, 2.05) is 7.05 Å². The number of nitrogens with one attached hydrogen (secondary N) is 1. The van der Waals surface area contributed by atoms with E-state index in [0.29, 0.717) is 0 Å². The van der Waals surface area contributed by atoms with E-state index in [2.05, 4.69) is 46.5 Å². The van der Waals surface area contributed by atoms with Crippen LogP contribution in [-0.4, -0.2) is 17.0 Å². The molecule has 0 unspecified atom stereocenters. The lowest BCUT2D eigenvalue weighted by Crippen LogP contribution is -1.94. The highest BCUT2D eigenvalue weighted by Crippen LogP contribution is 2.22. The van der Waals surface area contributed by atoms with Gasteiger partial charge >= 0.3 is 0 Å². The summed E-state index contributed by atoms with van der Waals surface area (Å²) in [6.07, 6.45) is 3.52. The van der Waals surface area contributed by atoms with Gasteiger partial charge in [-0.15, -0.1) is 11.8 Å². The van der Waals surface area contributed by atoms with E-state index < -0.39 is 0 Å². The molecule has 0 saturated heterocycles. The minimum Gasteiger partial charge on any atom is -0.372 e. The highest BCUT2D eigenvalue weighted by Gasteiger charge is 2.01. The smallest absolute Gasteiger partial charge is 0.145 e. The molecule has 1 N–H and O–H groups in total. The summed E-state index contributed by atoms with van der Waals surface area (Å²) in [6.45, 7) is 2.13. The lowest BCUT2D eigenvalue weighted by atomic mass is 10.1. The minimum atomic E-state index is 0.805. The third-order valence-electron chi connectivity index (χ3n) is 2.51. The zero-order valence-electron chi connectivity index (χ0n) is 9.97. The average Bonchev–Trinajstić information content (AvgIpc) is 2.38. The van der Waals surface area contributed by atoms with Crippen molar-refractivity contribution in [3.63, 3.8) is 0 Å². The predicted octanol–water partition coefficient (Wildman–Crippen LogP) is 3.12. The first-order chi connectivity index (χ1) is 8.29. The summed E-state index contributed by atoms with van der Waals surface area (Å²) in [4.78, 5) is 8.57. The summed E-state index contributed by atoms with van der Waals surface area (Å²) >= 11 is 1.70. The SMILES string of the molecule is CNc1cncc(SCc2ccccc2C)n1. The van der Waals surface area contributed by atoms with Crippen LogP contribution in [0.5, 0.6) is 0 Å². The van der Waals surface area contributed by atoms with Crippen molar-refractivity contribution >= 4 is 17.6 Å². The molecule has 3 nitrogen and oxygen atoms in total. The molecule has 1 aromatic carbocycles. The van der Waals surface area contributed by atoms with Crippen molar-refractivity contribution in [2.45, 2.75) is 17.7 Å². The number of nitrogens with zero attached hydrogens (tertiary/aromatic N) is 2. The van der Waals surface area contributed by atoms with Crippen LogP contribution in [0.1, 0.15) is 11.1 Å². The van der Waals surface area contributed by atoms with Crippen LogP contribution in [0, 0.1) is 6.92 Å². The largest absolute Gasteiger partial charge is 0.372 e. The van der Waals surface area contributed by atoms with Crippen molar-refractivity contribution in [3.05, 3.63) is 47.8 Å². The fourth-order valence-electron chi connectivity index (χ4n) is 1.46. The quantitative estimate of drug-likeness (QED) is 0.840. The first-order valence-corrected chi connectivity index (χ1v) is 6.45. The molecule has 0 bridgehead atoms. The van der Waals surface area contributed by atoms with Crippen LogP contribution in [0.4, 0.5) is 5.82 Å². The third-order valence-corrected chi connectivity index (χ3v) is 3.45. The number of rotatable bonds is 4. The molecule has 0 aliphatic heterocycles. The van der Waals surface area contributed by atoms with Crippen LogP contribution >= 0.6 is 11.8 Å². The highest BCUT2D eigenvalue weighted by atomic mass is 32.2. The molecule has 2 aromatic rings. The topological polar surface area (TPSA) is 37.8 Å². The van der Waals surface area contributed by atoms with E-state index in [1.54, 1.807) is 24.2 Å². The summed E-state index contributed by atoms with van der Waals surface area (Å²) in [7, 11) is 1.85. The monoisotopic (exact) mass is 245 g/mol. The molecule has 17 heavy (non-hydrogen) atoms. The van der Waals surface area contributed by atoms with Gasteiger partial charge in [0, 0.05) is 12.8 Å². The van der Waals surface area contributed by atoms with Crippen molar-refractivity contribution in [3.8, 4) is 0 Å². The van der Waals surface area contributed by atoms with Crippen molar-refractivity contribution in [1.82, 2.24) is 9.97 Å². The molecule has 0 fully saturated rings. The number of benzene rings is 1. The van der Waals surface area contributed by atoms with Crippen molar-refractivity contribution in [2.24, 2.45) is 0 Å². The Kier molecular flexibility index (Phi) is 3.98. The van der Waals surface area contributed by atoms with Crippen LogP contribution < -0.4 is 5.32 Å². The van der Waals surface area contributed by atoms with Crippen LogP contribution in [-0.2, 0) is 5.75 Å². The maximum Gasteiger partial charge on any atom is 0.145 e. The van der Waals surface area contributed by atoms with Gasteiger partial charge in [0.2, 0.25) is 0 Å². The molecule has 0 atom stereocenters. The van der Waals surface area contributed by atoms with Crippen molar-refractivity contribution in [2.75, 3.05) is 12.4 Å². The van der Waals surface area contributed by atoms with E-state index >= 15 is 0 Å². The Balaban J connectivity index is 2.05. The maximum absolute atomic E-state index is 4.43. The van der Waals surface area contributed by atoms with Crippen LogP contribution in [0.15, 0.2) is 41.7 Å². The molecular weight excluding hydrogens is 230 g/mol. The normalized spacial score (nSPS) is 10.2. The van der Waals surface area contributed by atoms with Gasteiger partial charge in [0.15, 0.2) is 0 Å². The van der Waals surface area contributed by atoms with Crippen molar-refractivity contribution < 1.29 is 0 Å². The Labute approximate surface area is 106 Å². The Morgan fingerprint density at radius 1 is 1.24 bits per heavy atom. The first kappa shape index (κ1) is 11.9. The van der Waals surface area contributed by atoms with Gasteiger partial charge in [0.25, 0.3) is 0 Å². The van der Waals surface area contributed by atoms with Crippen LogP contribution in [0.25, 0.3) is 0 Å². The molecular formula is C13H15N3S. The molecule has 0 radical (unpaired) electrons. The molecule has 1 heterocycles. The second kappa shape index (κ2) is 5.68. The number of anilines is 1. The summed E-state index contributed by atoms with van der Waals surface area (Å²) in [5.41, 5.74) is 2.66. The van der Waals surface area contributed by atoms with Crippen LogP contribution in [0.2, 0.25) is 0 Å². The molecule has 0 aliphatic carbocycles. The molecule has 0 aliphatic rings. The van der Waals surface area contributed by atoms with E-state index in [4.69, 9.17) is 0 Å². The average molecular weight is 245 g/mol. The Morgan fingerprint density at radius 3 is 2.82 bits per heavy atom. The zero-order chi connectivity index (χ0) is 12.1. The summed E-state index contributed by atoms with van der Waals surface area (Å²) < 4.78 is 0. The molecule has 1 aromatic heterocycles. The Bertz CT molecular complexity index is 500. The first-order valence-electron chi connectivity index (χ1n) is 5.46. The number of aryl methyl sites for hydroxylation is 1. The molecule has 0 spiro atoms. The van der Waals surface area contributed by atoms with Gasteiger partial charge in [-0.3, -0.25) is 4.98 Å². The molecule has 0 saturated carbocycles. The number of hydrogen-bond donors (Lipinski definition) is 1. The minimum absolute atomic E-state index is 0.805. The fraction of sp³-hybridized carbons (Fsp3) is 0.231. The van der Waals surface area contributed by atoms with Gasteiger partial charge in [-0.25, -0.2) is 4.98 Å². The lowest BCUT2D eigenvalue weighted by molar-refractivity contribution is 1.05. The van der Waals surface area contributed by atoms with Gasteiger partial charge in [-0.2, -0.15) is 0 Å². The number of aromatic nitrogens is 2. The Hall–Kier alpha value is -1.55. The van der Waals surface area contributed by atoms with Crippen molar-refractivity contribution in [1.29, 1.82) is 0 Å². The number of hydrogen-bond acceptors (Lipinski definition) is 4. The Morgan fingerprint density at radius 2 is 2.06 bits per heavy atom. The standard InChI is InChI=1S/C13H15N3S/c1-10-5-3-4-6-11(10)9-17-13-8-15-7-12(14-2)16-13/h3-8H,9H2,1-2H3,(H,14,16). The summed E-state index contributed by atoms with van der Waals surface area (Å²) in [5, 5.41) is 3.93. The number of thioether (sulfide) groups is 1. The van der Waals surface area contributed by atoms with Gasteiger partial charge in [-0.1, -0.05) is 24.3 Å². The third kappa shape index (κ3) is 3.20. The van der Waals surface area contributed by atoms with Gasteiger partial charge in [0.05, 0.1) is 12.4 Å². The van der Waals surface area contributed by atoms with E-state index in [-0.39, 0.29) is 0 Å². The predicted molar refractivity (Wildman–Crippen MR) is 72.3 cm³/mol. The molecule has 88 valence electrons. The van der Waals surface area contributed by atoms with Gasteiger partial charge in [-0.05, 0) is 18.1 Å². The molecule has 0 amide bonds. The van der Waals surface area contributed by atoms with E-state index in [0.717, 1.165) is 16.6 Å². The summed E-state index contributed by atoms with van der Waals surface area (Å²) in [6, 6.07) is 8.41. The lowest BCUT2D eigenvalue weighted by Gasteiger charge is -2.05. The second-order valence-electron chi connectivity index (χ2n) is 3.71. The second-order valence-corrected chi connectivity index (χ2v) is 4.70. The van der Waals surface area contributed by atoms with Gasteiger partial charge in [0.1, 0.15) is 10.8 Å².